The fraction of sp³-hybridized carbons (Fsp3) is 0.375. The number of amidine groups is 1. The standard InChI is InChI=1S/C8H13N3O/c1-3-10-8(11-9)7-4-5-12-6(7)2/h4-5H,3,9H2,1-2H3,(H,10,11). The third-order valence-corrected chi connectivity index (χ3v) is 1.57. The molecule has 0 amide bonds. The number of hydrogen-bond donors (Lipinski definition) is 2. The van der Waals surface area contributed by atoms with E-state index in [9.17, 15) is 0 Å². The molecule has 0 aromatic carbocycles. The van der Waals surface area contributed by atoms with Crippen LogP contribution in [0.25, 0.3) is 0 Å². The highest BCUT2D eigenvalue weighted by Gasteiger charge is 2.06. The molecule has 0 aliphatic carbocycles. The molecule has 0 aliphatic rings. The van der Waals surface area contributed by atoms with Crippen molar-refractivity contribution in [1.82, 2.24) is 5.43 Å². The molecule has 0 aliphatic heterocycles. The van der Waals surface area contributed by atoms with E-state index < -0.39 is 0 Å². The van der Waals surface area contributed by atoms with Crippen LogP contribution in [0.2, 0.25) is 0 Å². The molecule has 1 aromatic rings. The van der Waals surface area contributed by atoms with Gasteiger partial charge in [0.1, 0.15) is 11.6 Å². The van der Waals surface area contributed by atoms with Gasteiger partial charge in [-0.3, -0.25) is 4.99 Å². The van der Waals surface area contributed by atoms with E-state index in [0.717, 1.165) is 11.3 Å². The van der Waals surface area contributed by atoms with E-state index in [4.69, 9.17) is 10.3 Å². The lowest BCUT2D eigenvalue weighted by Gasteiger charge is -2.02. The van der Waals surface area contributed by atoms with E-state index >= 15 is 0 Å². The number of rotatable bonds is 2. The minimum atomic E-state index is 0.670. The van der Waals surface area contributed by atoms with Gasteiger partial charge >= 0.3 is 0 Å². The van der Waals surface area contributed by atoms with Crippen molar-refractivity contribution in [2.24, 2.45) is 10.8 Å². The maximum atomic E-state index is 5.30. The van der Waals surface area contributed by atoms with Crippen LogP contribution in [0.5, 0.6) is 0 Å². The van der Waals surface area contributed by atoms with Crippen molar-refractivity contribution >= 4 is 5.84 Å². The molecule has 1 heterocycles. The summed E-state index contributed by atoms with van der Waals surface area (Å²) < 4.78 is 5.12. The van der Waals surface area contributed by atoms with Crippen molar-refractivity contribution in [1.29, 1.82) is 0 Å². The Labute approximate surface area is 71.4 Å². The quantitative estimate of drug-likeness (QED) is 0.296. The molecule has 0 bridgehead atoms. The first-order valence-corrected chi connectivity index (χ1v) is 3.85. The summed E-state index contributed by atoms with van der Waals surface area (Å²) in [6.45, 7) is 4.52. The van der Waals surface area contributed by atoms with Gasteiger partial charge in [-0.25, -0.2) is 5.84 Å². The maximum absolute atomic E-state index is 5.30. The van der Waals surface area contributed by atoms with E-state index in [0.29, 0.717) is 12.4 Å². The molecule has 0 saturated carbocycles. The molecule has 0 spiro atoms. The third-order valence-electron chi connectivity index (χ3n) is 1.57. The van der Waals surface area contributed by atoms with E-state index in [2.05, 4.69) is 10.4 Å². The van der Waals surface area contributed by atoms with Crippen molar-refractivity contribution in [2.45, 2.75) is 13.8 Å². The average Bonchev–Trinajstić information content (AvgIpc) is 2.47. The molecule has 12 heavy (non-hydrogen) atoms. The molecule has 0 atom stereocenters. The number of aliphatic imine (C=N–C) groups is 1. The molecule has 1 aromatic heterocycles. The highest BCUT2D eigenvalue weighted by Crippen LogP contribution is 2.08. The van der Waals surface area contributed by atoms with Crippen LogP contribution in [0.3, 0.4) is 0 Å². The molecule has 1 rings (SSSR count). The first kappa shape index (κ1) is 8.80. The molecule has 0 unspecified atom stereocenters. The number of nitrogens with two attached hydrogens (primary N) is 1. The number of hydrogen-bond acceptors (Lipinski definition) is 3. The molecule has 4 heteroatoms. The molecule has 3 N–H and O–H groups in total. The average molecular weight is 167 g/mol. The summed E-state index contributed by atoms with van der Waals surface area (Å²) in [6.07, 6.45) is 1.62. The Balaban J connectivity index is 2.95. The molecular formula is C8H13N3O. The fourth-order valence-corrected chi connectivity index (χ4v) is 0.997. The second-order valence-corrected chi connectivity index (χ2v) is 2.36. The summed E-state index contributed by atoms with van der Waals surface area (Å²) in [5.41, 5.74) is 3.45. The first-order chi connectivity index (χ1) is 5.79. The zero-order valence-electron chi connectivity index (χ0n) is 7.29. The lowest BCUT2D eigenvalue weighted by atomic mass is 10.2. The Bertz CT molecular complexity index is 278. The van der Waals surface area contributed by atoms with E-state index in [1.807, 2.05) is 19.9 Å². The lowest BCUT2D eigenvalue weighted by Crippen LogP contribution is -2.31. The monoisotopic (exact) mass is 167 g/mol. The van der Waals surface area contributed by atoms with Gasteiger partial charge in [-0.2, -0.15) is 0 Å². The summed E-state index contributed by atoms with van der Waals surface area (Å²) >= 11 is 0. The van der Waals surface area contributed by atoms with Crippen LogP contribution >= 0.6 is 0 Å². The normalized spacial score (nSPS) is 11.8. The third kappa shape index (κ3) is 1.65. The highest BCUT2D eigenvalue weighted by molar-refractivity contribution is 5.99. The van der Waals surface area contributed by atoms with Crippen LogP contribution in [0.4, 0.5) is 0 Å². The minimum absolute atomic E-state index is 0.670. The highest BCUT2D eigenvalue weighted by atomic mass is 16.3. The van der Waals surface area contributed by atoms with Crippen molar-refractivity contribution in [3.05, 3.63) is 23.7 Å². The van der Waals surface area contributed by atoms with Crippen LogP contribution in [0.1, 0.15) is 18.2 Å². The van der Waals surface area contributed by atoms with E-state index in [-0.39, 0.29) is 0 Å². The van der Waals surface area contributed by atoms with Gasteiger partial charge in [0.05, 0.1) is 11.8 Å². The summed E-state index contributed by atoms with van der Waals surface area (Å²) in [5.74, 6) is 6.79. The Hall–Kier alpha value is -1.29. The first-order valence-electron chi connectivity index (χ1n) is 3.85. The van der Waals surface area contributed by atoms with Gasteiger partial charge in [-0.05, 0) is 19.9 Å². The van der Waals surface area contributed by atoms with Crippen LogP contribution < -0.4 is 11.3 Å². The maximum Gasteiger partial charge on any atom is 0.146 e. The SMILES string of the molecule is CCN=C(NN)c1ccoc1C. The van der Waals surface area contributed by atoms with E-state index in [1.165, 1.54) is 0 Å². The predicted octanol–water partition coefficient (Wildman–Crippen LogP) is 0.818. The zero-order chi connectivity index (χ0) is 8.97. The number of furan rings is 1. The molecule has 0 saturated heterocycles. The number of hydrazine groups is 1. The summed E-state index contributed by atoms with van der Waals surface area (Å²) in [7, 11) is 0. The minimum Gasteiger partial charge on any atom is -0.469 e. The van der Waals surface area contributed by atoms with Crippen molar-refractivity contribution in [3.63, 3.8) is 0 Å². The summed E-state index contributed by atoms with van der Waals surface area (Å²) in [6, 6.07) is 1.84. The number of nitrogens with zero attached hydrogens (tertiary/aromatic N) is 1. The van der Waals surface area contributed by atoms with E-state index in [1.54, 1.807) is 6.26 Å². The van der Waals surface area contributed by atoms with Gasteiger partial charge in [0.15, 0.2) is 0 Å². The molecule has 66 valence electrons. The Morgan fingerprint density at radius 3 is 2.92 bits per heavy atom. The van der Waals surface area contributed by atoms with Crippen LogP contribution in [0.15, 0.2) is 21.7 Å². The fourth-order valence-electron chi connectivity index (χ4n) is 0.997. The van der Waals surface area contributed by atoms with Crippen LogP contribution in [-0.4, -0.2) is 12.4 Å². The summed E-state index contributed by atoms with van der Waals surface area (Å²) in [5, 5.41) is 0. The van der Waals surface area contributed by atoms with Crippen molar-refractivity contribution in [2.75, 3.05) is 6.54 Å². The second-order valence-electron chi connectivity index (χ2n) is 2.36. The Morgan fingerprint density at radius 1 is 1.75 bits per heavy atom. The van der Waals surface area contributed by atoms with Crippen molar-refractivity contribution < 1.29 is 4.42 Å². The van der Waals surface area contributed by atoms with Gasteiger partial charge in [-0.15, -0.1) is 0 Å². The second kappa shape index (κ2) is 3.92. The Morgan fingerprint density at radius 2 is 2.50 bits per heavy atom. The Kier molecular flexibility index (Phi) is 2.88. The smallest absolute Gasteiger partial charge is 0.146 e. The van der Waals surface area contributed by atoms with Crippen LogP contribution in [0, 0.1) is 6.92 Å². The number of nitrogens with one attached hydrogen (secondary N) is 1. The molecule has 0 fully saturated rings. The molecule has 4 nitrogen and oxygen atoms in total. The van der Waals surface area contributed by atoms with Gasteiger partial charge in [0.2, 0.25) is 0 Å². The number of aryl methyl sites for hydroxylation is 1. The van der Waals surface area contributed by atoms with Gasteiger partial charge in [0, 0.05) is 6.54 Å². The summed E-state index contributed by atoms with van der Waals surface area (Å²) in [4.78, 5) is 4.17. The van der Waals surface area contributed by atoms with Gasteiger partial charge in [-0.1, -0.05) is 0 Å². The predicted molar refractivity (Wildman–Crippen MR) is 47.8 cm³/mol. The largest absolute Gasteiger partial charge is 0.469 e. The van der Waals surface area contributed by atoms with Gasteiger partial charge < -0.3 is 9.84 Å². The zero-order valence-corrected chi connectivity index (χ0v) is 7.29. The van der Waals surface area contributed by atoms with Crippen molar-refractivity contribution in [3.8, 4) is 0 Å². The molecule has 0 radical (unpaired) electrons. The van der Waals surface area contributed by atoms with Crippen LogP contribution in [-0.2, 0) is 0 Å². The topological polar surface area (TPSA) is 63.5 Å². The van der Waals surface area contributed by atoms with Gasteiger partial charge in [0.25, 0.3) is 0 Å². The molecular weight excluding hydrogens is 154 g/mol. The lowest BCUT2D eigenvalue weighted by molar-refractivity contribution is 0.533.